The van der Waals surface area contributed by atoms with Crippen molar-refractivity contribution < 1.29 is 27.4 Å². The third kappa shape index (κ3) is 5.72. The highest BCUT2D eigenvalue weighted by molar-refractivity contribution is 7.89. The van der Waals surface area contributed by atoms with Gasteiger partial charge in [-0.15, -0.1) is 0 Å². The van der Waals surface area contributed by atoms with Gasteiger partial charge in [0.05, 0.1) is 29.7 Å². The minimum atomic E-state index is -3.80. The van der Waals surface area contributed by atoms with Gasteiger partial charge in [0.1, 0.15) is 11.4 Å². The van der Waals surface area contributed by atoms with Crippen molar-refractivity contribution in [1.29, 1.82) is 0 Å². The van der Waals surface area contributed by atoms with Crippen LogP contribution in [0.1, 0.15) is 24.3 Å². The summed E-state index contributed by atoms with van der Waals surface area (Å²) in [5, 5.41) is 16.2. The van der Waals surface area contributed by atoms with E-state index < -0.39 is 15.6 Å². The number of benzene rings is 2. The number of pyridine rings is 1. The first-order chi connectivity index (χ1) is 17.8. The molecule has 0 aliphatic carbocycles. The molecular formula is C27H27N3O6S. The van der Waals surface area contributed by atoms with Gasteiger partial charge < -0.3 is 19.0 Å². The maximum atomic E-state index is 11.6. The molecule has 0 saturated carbocycles. The van der Waals surface area contributed by atoms with Crippen molar-refractivity contribution in [2.24, 2.45) is 5.14 Å². The first kappa shape index (κ1) is 25.1. The van der Waals surface area contributed by atoms with Crippen LogP contribution in [0.3, 0.4) is 0 Å². The summed E-state index contributed by atoms with van der Waals surface area (Å²) in [6, 6.07) is 17.6. The highest BCUT2D eigenvalue weighted by Crippen LogP contribution is 2.34. The fourth-order valence-electron chi connectivity index (χ4n) is 4.26. The second-order valence-electron chi connectivity index (χ2n) is 8.87. The number of aromatic nitrogens is 2. The van der Waals surface area contributed by atoms with E-state index in [1.54, 1.807) is 24.5 Å². The maximum absolute atomic E-state index is 11.6. The molecular weight excluding hydrogens is 494 g/mol. The fourth-order valence-corrected chi connectivity index (χ4v) is 4.78. The van der Waals surface area contributed by atoms with Crippen molar-refractivity contribution in [2.75, 3.05) is 19.8 Å². The summed E-state index contributed by atoms with van der Waals surface area (Å²) in [6.07, 6.45) is 4.67. The predicted octanol–water partition coefficient (Wildman–Crippen LogP) is 3.67. The SMILES string of the molecule is NS(=O)(=O)c1ccc(-c2oc(CCOc3cncc(C4(O)CCOCC4)c3)nc2-c2ccccc2)cc1. The van der Waals surface area contributed by atoms with E-state index in [0.717, 1.165) is 5.56 Å². The predicted molar refractivity (Wildman–Crippen MR) is 136 cm³/mol. The standard InChI is InChI=1S/C27H27N3O6S/c28-37(32,33)23-8-6-20(7-9-23)26-25(19-4-2-1-3-5-19)30-24(36-26)10-13-35-22-16-21(17-29-18-22)27(31)11-14-34-15-12-27/h1-9,16-18,31H,10-15H2,(H2,28,32,33). The lowest BCUT2D eigenvalue weighted by molar-refractivity contribution is -0.0682. The molecule has 3 heterocycles. The number of oxazole rings is 1. The third-order valence-corrected chi connectivity index (χ3v) is 7.25. The molecule has 1 saturated heterocycles. The van der Waals surface area contributed by atoms with E-state index in [-0.39, 0.29) is 11.5 Å². The summed E-state index contributed by atoms with van der Waals surface area (Å²) >= 11 is 0. The lowest BCUT2D eigenvalue weighted by Crippen LogP contribution is -2.33. The normalized spacial score (nSPS) is 15.4. The fraction of sp³-hybridized carbons (Fsp3) is 0.259. The molecule has 0 bridgehead atoms. The Kier molecular flexibility index (Phi) is 7.07. The van der Waals surface area contributed by atoms with Crippen LogP contribution in [0.4, 0.5) is 0 Å². The molecule has 192 valence electrons. The van der Waals surface area contributed by atoms with E-state index in [1.807, 2.05) is 36.4 Å². The monoisotopic (exact) mass is 521 g/mol. The summed E-state index contributed by atoms with van der Waals surface area (Å²) < 4.78 is 40.7. The van der Waals surface area contributed by atoms with Crippen LogP contribution in [0.25, 0.3) is 22.6 Å². The summed E-state index contributed by atoms with van der Waals surface area (Å²) in [7, 11) is -3.80. The van der Waals surface area contributed by atoms with Gasteiger partial charge in [0.25, 0.3) is 0 Å². The van der Waals surface area contributed by atoms with E-state index >= 15 is 0 Å². The minimum Gasteiger partial charge on any atom is -0.491 e. The van der Waals surface area contributed by atoms with Gasteiger partial charge in [-0.1, -0.05) is 30.3 Å². The largest absolute Gasteiger partial charge is 0.491 e. The van der Waals surface area contributed by atoms with E-state index in [0.29, 0.717) is 66.7 Å². The third-order valence-electron chi connectivity index (χ3n) is 6.32. The van der Waals surface area contributed by atoms with E-state index in [2.05, 4.69) is 4.98 Å². The molecule has 1 aliphatic heterocycles. The number of primary sulfonamides is 1. The van der Waals surface area contributed by atoms with Crippen LogP contribution >= 0.6 is 0 Å². The van der Waals surface area contributed by atoms with Crippen molar-refractivity contribution in [3.8, 4) is 28.3 Å². The molecule has 0 spiro atoms. The lowest BCUT2D eigenvalue weighted by Gasteiger charge is -2.32. The Morgan fingerprint density at radius 1 is 1.00 bits per heavy atom. The van der Waals surface area contributed by atoms with Gasteiger partial charge >= 0.3 is 0 Å². The molecule has 9 nitrogen and oxygen atoms in total. The summed E-state index contributed by atoms with van der Waals surface area (Å²) in [5.41, 5.74) is 1.93. The Balaban J connectivity index is 1.35. The molecule has 2 aromatic carbocycles. The minimum absolute atomic E-state index is 0.0203. The molecule has 0 amide bonds. The molecule has 2 aromatic heterocycles. The van der Waals surface area contributed by atoms with Gasteiger partial charge in [-0.3, -0.25) is 4.98 Å². The Morgan fingerprint density at radius 2 is 1.73 bits per heavy atom. The van der Waals surface area contributed by atoms with Crippen LogP contribution in [-0.4, -0.2) is 43.3 Å². The van der Waals surface area contributed by atoms with Gasteiger partial charge in [-0.25, -0.2) is 18.5 Å². The second kappa shape index (κ2) is 10.4. The summed E-state index contributed by atoms with van der Waals surface area (Å²) in [4.78, 5) is 8.96. The van der Waals surface area contributed by atoms with Gasteiger partial charge in [0.2, 0.25) is 10.0 Å². The van der Waals surface area contributed by atoms with Crippen LogP contribution in [0, 0.1) is 0 Å². The van der Waals surface area contributed by atoms with Gasteiger partial charge in [-0.2, -0.15) is 0 Å². The molecule has 1 aliphatic rings. The summed E-state index contributed by atoms with van der Waals surface area (Å²) in [6.45, 7) is 1.29. The molecule has 4 aromatic rings. The molecule has 0 atom stereocenters. The second-order valence-corrected chi connectivity index (χ2v) is 10.4. The molecule has 5 rings (SSSR count). The maximum Gasteiger partial charge on any atom is 0.238 e. The zero-order valence-corrected chi connectivity index (χ0v) is 20.9. The lowest BCUT2D eigenvalue weighted by atomic mass is 9.87. The highest BCUT2D eigenvalue weighted by Gasteiger charge is 2.32. The first-order valence-corrected chi connectivity index (χ1v) is 13.4. The van der Waals surface area contributed by atoms with Gasteiger partial charge in [0, 0.05) is 48.9 Å². The quantitative estimate of drug-likeness (QED) is 0.358. The Hall–Kier alpha value is -3.57. The molecule has 1 fully saturated rings. The number of nitrogens with two attached hydrogens (primary N) is 1. The number of sulfonamides is 1. The van der Waals surface area contributed by atoms with Gasteiger partial charge in [-0.05, 0) is 30.3 Å². The smallest absolute Gasteiger partial charge is 0.238 e. The number of ether oxygens (including phenoxy) is 2. The average molecular weight is 522 g/mol. The Morgan fingerprint density at radius 3 is 2.43 bits per heavy atom. The molecule has 0 radical (unpaired) electrons. The molecule has 10 heteroatoms. The number of hydrogen-bond donors (Lipinski definition) is 2. The topological polar surface area (TPSA) is 138 Å². The number of hydrogen-bond acceptors (Lipinski definition) is 8. The van der Waals surface area contributed by atoms with E-state index in [1.165, 1.54) is 12.1 Å². The number of rotatable bonds is 8. The van der Waals surface area contributed by atoms with Crippen molar-refractivity contribution in [1.82, 2.24) is 9.97 Å². The van der Waals surface area contributed by atoms with Crippen molar-refractivity contribution in [3.63, 3.8) is 0 Å². The van der Waals surface area contributed by atoms with Crippen LogP contribution < -0.4 is 9.88 Å². The van der Waals surface area contributed by atoms with Crippen LogP contribution in [0.5, 0.6) is 5.75 Å². The highest BCUT2D eigenvalue weighted by atomic mass is 32.2. The molecule has 0 unspecified atom stereocenters. The zero-order chi connectivity index (χ0) is 25.9. The van der Waals surface area contributed by atoms with Crippen molar-refractivity contribution in [3.05, 3.63) is 84.5 Å². The Bertz CT molecular complexity index is 1460. The number of nitrogens with zero attached hydrogens (tertiary/aromatic N) is 2. The molecule has 3 N–H and O–H groups in total. The average Bonchev–Trinajstić information content (AvgIpc) is 3.34. The zero-order valence-electron chi connectivity index (χ0n) is 20.0. The van der Waals surface area contributed by atoms with Crippen LogP contribution in [0.2, 0.25) is 0 Å². The van der Waals surface area contributed by atoms with Crippen LogP contribution in [0.15, 0.2) is 82.4 Å². The van der Waals surface area contributed by atoms with E-state index in [4.69, 9.17) is 24.0 Å². The molecule has 37 heavy (non-hydrogen) atoms. The summed E-state index contributed by atoms with van der Waals surface area (Å²) in [5.74, 6) is 1.54. The number of aliphatic hydroxyl groups is 1. The van der Waals surface area contributed by atoms with Crippen LogP contribution in [-0.2, 0) is 26.8 Å². The van der Waals surface area contributed by atoms with E-state index in [9.17, 15) is 13.5 Å². The van der Waals surface area contributed by atoms with Gasteiger partial charge in [0.15, 0.2) is 11.7 Å². The van der Waals surface area contributed by atoms with Crippen molar-refractivity contribution >= 4 is 10.0 Å². The first-order valence-electron chi connectivity index (χ1n) is 11.9. The van der Waals surface area contributed by atoms with Crippen molar-refractivity contribution in [2.45, 2.75) is 29.8 Å². The Labute approximate surface area is 215 Å².